The van der Waals surface area contributed by atoms with Gasteiger partial charge in [0.2, 0.25) is 11.8 Å². The summed E-state index contributed by atoms with van der Waals surface area (Å²) in [6.07, 6.45) is 4.20. The average Bonchev–Trinajstić information content (AvgIpc) is 2.80. The van der Waals surface area contributed by atoms with Crippen molar-refractivity contribution in [1.29, 1.82) is 0 Å². The molecule has 140 valence electrons. The van der Waals surface area contributed by atoms with Gasteiger partial charge in [-0.25, -0.2) is 4.79 Å². The lowest BCUT2D eigenvalue weighted by Gasteiger charge is -2.36. The van der Waals surface area contributed by atoms with Gasteiger partial charge in [-0.1, -0.05) is 26.7 Å². The highest BCUT2D eigenvalue weighted by Crippen LogP contribution is 2.38. The summed E-state index contributed by atoms with van der Waals surface area (Å²) in [6, 6.07) is -1.25. The van der Waals surface area contributed by atoms with Crippen LogP contribution in [-0.2, 0) is 14.4 Å². The molecule has 1 heterocycles. The maximum atomic E-state index is 12.8. The SMILES string of the molecule is CCCNC(=O)[C@@H](C)NC(=O)CN1C(=O)N[C@@]2(CCCC[C@@H]2C)C1=O. The fraction of sp³-hybridized carbons (Fsp3) is 0.765. The molecule has 0 unspecified atom stereocenters. The molecule has 0 aromatic carbocycles. The molecule has 0 radical (unpaired) electrons. The molecule has 0 bridgehead atoms. The third-order valence-corrected chi connectivity index (χ3v) is 5.12. The summed E-state index contributed by atoms with van der Waals surface area (Å²) in [5, 5.41) is 8.03. The Morgan fingerprint density at radius 2 is 2.08 bits per heavy atom. The van der Waals surface area contributed by atoms with Gasteiger partial charge in [0.15, 0.2) is 0 Å². The van der Waals surface area contributed by atoms with E-state index in [-0.39, 0.29) is 24.3 Å². The van der Waals surface area contributed by atoms with Crippen molar-refractivity contribution in [3.8, 4) is 0 Å². The Kier molecular flexibility index (Phi) is 6.02. The number of hydrogen-bond acceptors (Lipinski definition) is 4. The normalized spacial score (nSPS) is 27.2. The van der Waals surface area contributed by atoms with Crippen LogP contribution in [0.4, 0.5) is 4.79 Å². The van der Waals surface area contributed by atoms with E-state index in [2.05, 4.69) is 16.0 Å². The van der Waals surface area contributed by atoms with E-state index < -0.39 is 23.5 Å². The lowest BCUT2D eigenvalue weighted by molar-refractivity contribution is -0.137. The predicted molar refractivity (Wildman–Crippen MR) is 91.5 cm³/mol. The molecule has 1 saturated carbocycles. The molecule has 2 rings (SSSR count). The van der Waals surface area contributed by atoms with Crippen molar-refractivity contribution in [2.24, 2.45) is 5.92 Å². The van der Waals surface area contributed by atoms with E-state index in [0.29, 0.717) is 13.0 Å². The van der Waals surface area contributed by atoms with E-state index in [1.165, 1.54) is 0 Å². The van der Waals surface area contributed by atoms with Gasteiger partial charge in [0.05, 0.1) is 0 Å². The van der Waals surface area contributed by atoms with Crippen molar-refractivity contribution in [2.75, 3.05) is 13.1 Å². The van der Waals surface area contributed by atoms with Gasteiger partial charge in [-0.3, -0.25) is 19.3 Å². The third-order valence-electron chi connectivity index (χ3n) is 5.12. The minimum Gasteiger partial charge on any atom is -0.354 e. The van der Waals surface area contributed by atoms with Crippen LogP contribution in [0.25, 0.3) is 0 Å². The van der Waals surface area contributed by atoms with Crippen molar-refractivity contribution in [3.05, 3.63) is 0 Å². The van der Waals surface area contributed by atoms with E-state index in [1.807, 2.05) is 13.8 Å². The molecule has 3 N–H and O–H groups in total. The maximum absolute atomic E-state index is 12.8. The van der Waals surface area contributed by atoms with Gasteiger partial charge in [0.1, 0.15) is 18.1 Å². The topological polar surface area (TPSA) is 108 Å². The lowest BCUT2D eigenvalue weighted by atomic mass is 9.73. The first-order chi connectivity index (χ1) is 11.8. The molecule has 0 aromatic heterocycles. The summed E-state index contributed by atoms with van der Waals surface area (Å²) in [7, 11) is 0. The van der Waals surface area contributed by atoms with Crippen molar-refractivity contribution >= 4 is 23.8 Å². The number of urea groups is 1. The highest BCUT2D eigenvalue weighted by Gasteiger charge is 2.55. The van der Waals surface area contributed by atoms with Gasteiger partial charge in [-0.05, 0) is 32.1 Å². The fourth-order valence-corrected chi connectivity index (χ4v) is 3.54. The van der Waals surface area contributed by atoms with Gasteiger partial charge in [-0.15, -0.1) is 0 Å². The van der Waals surface area contributed by atoms with E-state index in [9.17, 15) is 19.2 Å². The first kappa shape index (κ1) is 19.2. The average molecular weight is 352 g/mol. The van der Waals surface area contributed by atoms with Crippen LogP contribution in [0, 0.1) is 5.92 Å². The number of carbonyl (C=O) groups excluding carboxylic acids is 4. The number of imide groups is 1. The Balaban J connectivity index is 1.95. The molecule has 1 saturated heterocycles. The van der Waals surface area contributed by atoms with Crippen LogP contribution in [-0.4, -0.2) is 53.3 Å². The zero-order chi connectivity index (χ0) is 18.6. The van der Waals surface area contributed by atoms with Crippen LogP contribution < -0.4 is 16.0 Å². The third kappa shape index (κ3) is 3.93. The fourth-order valence-electron chi connectivity index (χ4n) is 3.54. The van der Waals surface area contributed by atoms with Gasteiger partial charge >= 0.3 is 6.03 Å². The van der Waals surface area contributed by atoms with E-state index in [0.717, 1.165) is 30.6 Å². The van der Waals surface area contributed by atoms with Crippen molar-refractivity contribution in [2.45, 2.75) is 64.5 Å². The van der Waals surface area contributed by atoms with Crippen LogP contribution in [0.5, 0.6) is 0 Å². The summed E-state index contributed by atoms with van der Waals surface area (Å²) in [5.41, 5.74) is -0.875. The van der Waals surface area contributed by atoms with E-state index >= 15 is 0 Å². The molecule has 8 heteroatoms. The van der Waals surface area contributed by atoms with Crippen molar-refractivity contribution < 1.29 is 19.2 Å². The number of hydrogen-bond donors (Lipinski definition) is 3. The summed E-state index contributed by atoms with van der Waals surface area (Å²) in [5.74, 6) is -1.10. The quantitative estimate of drug-likeness (QED) is 0.606. The van der Waals surface area contributed by atoms with Crippen molar-refractivity contribution in [3.63, 3.8) is 0 Å². The van der Waals surface area contributed by atoms with Crippen LogP contribution in [0.3, 0.4) is 0 Å². The Bertz CT molecular complexity index is 565. The Hall–Kier alpha value is -2.12. The lowest BCUT2D eigenvalue weighted by Crippen LogP contribution is -2.54. The van der Waals surface area contributed by atoms with Crippen LogP contribution in [0.1, 0.15) is 52.9 Å². The Labute approximate surface area is 148 Å². The molecule has 0 aromatic rings. The molecule has 2 fully saturated rings. The molecule has 5 amide bonds. The second-order valence-corrected chi connectivity index (χ2v) is 7.02. The molecule has 25 heavy (non-hydrogen) atoms. The number of carbonyl (C=O) groups is 4. The Morgan fingerprint density at radius 3 is 2.72 bits per heavy atom. The number of nitrogens with one attached hydrogen (secondary N) is 3. The molecular formula is C17H28N4O4. The van der Waals surface area contributed by atoms with Crippen LogP contribution in [0.15, 0.2) is 0 Å². The highest BCUT2D eigenvalue weighted by molar-refractivity contribution is 6.09. The molecule has 2 aliphatic rings. The Morgan fingerprint density at radius 1 is 1.36 bits per heavy atom. The smallest absolute Gasteiger partial charge is 0.325 e. The molecule has 8 nitrogen and oxygen atoms in total. The monoisotopic (exact) mass is 352 g/mol. The molecule has 3 atom stereocenters. The van der Waals surface area contributed by atoms with Crippen molar-refractivity contribution in [1.82, 2.24) is 20.9 Å². The van der Waals surface area contributed by atoms with Gasteiger partial charge in [0.25, 0.3) is 5.91 Å². The number of nitrogens with zero attached hydrogens (tertiary/aromatic N) is 1. The second-order valence-electron chi connectivity index (χ2n) is 7.02. The second kappa shape index (κ2) is 7.84. The minimum atomic E-state index is -0.875. The summed E-state index contributed by atoms with van der Waals surface area (Å²) in [4.78, 5) is 50.0. The van der Waals surface area contributed by atoms with Gasteiger partial charge in [-0.2, -0.15) is 0 Å². The summed E-state index contributed by atoms with van der Waals surface area (Å²) < 4.78 is 0. The predicted octanol–water partition coefficient (Wildman–Crippen LogP) is 0.518. The standard InChI is InChI=1S/C17H28N4O4/c1-4-9-18-14(23)12(3)19-13(22)10-21-15(24)17(20-16(21)25)8-6-5-7-11(17)2/h11-12H,4-10H2,1-3H3,(H,18,23)(H,19,22)(H,20,25)/t11-,12+,17+/m0/s1. The van der Waals surface area contributed by atoms with E-state index in [1.54, 1.807) is 6.92 Å². The molecule has 1 aliphatic carbocycles. The zero-order valence-corrected chi connectivity index (χ0v) is 15.2. The van der Waals surface area contributed by atoms with Gasteiger partial charge in [0, 0.05) is 6.54 Å². The van der Waals surface area contributed by atoms with Gasteiger partial charge < -0.3 is 16.0 Å². The zero-order valence-electron chi connectivity index (χ0n) is 15.2. The van der Waals surface area contributed by atoms with E-state index in [4.69, 9.17) is 0 Å². The minimum absolute atomic E-state index is 0.0458. The first-order valence-corrected chi connectivity index (χ1v) is 9.03. The molecular weight excluding hydrogens is 324 g/mol. The highest BCUT2D eigenvalue weighted by atomic mass is 16.2. The largest absolute Gasteiger partial charge is 0.354 e. The number of rotatable bonds is 6. The van der Waals surface area contributed by atoms with Crippen LogP contribution in [0.2, 0.25) is 0 Å². The first-order valence-electron chi connectivity index (χ1n) is 9.03. The molecule has 1 spiro atoms. The summed E-state index contributed by atoms with van der Waals surface area (Å²) >= 11 is 0. The maximum Gasteiger partial charge on any atom is 0.325 e. The van der Waals surface area contributed by atoms with Crippen LogP contribution >= 0.6 is 0 Å². The molecule has 1 aliphatic heterocycles. The number of amides is 5. The summed E-state index contributed by atoms with van der Waals surface area (Å²) in [6.45, 7) is 5.63.